The average molecular weight is 915 g/mol. The fourth-order valence-corrected chi connectivity index (χ4v) is 11.5. The van der Waals surface area contributed by atoms with Crippen LogP contribution in [0.25, 0.3) is 22.5 Å². The highest BCUT2D eigenvalue weighted by atomic mass is 16.5. The van der Waals surface area contributed by atoms with Crippen molar-refractivity contribution in [2.24, 2.45) is 0 Å². The van der Waals surface area contributed by atoms with Crippen LogP contribution in [0.4, 0.5) is 10.5 Å². The Kier molecular flexibility index (Phi) is 12.3. The van der Waals surface area contributed by atoms with Gasteiger partial charge in [-0.2, -0.15) is 0 Å². The first-order valence-corrected chi connectivity index (χ1v) is 25.0. The molecule has 0 radical (unpaired) electrons. The number of ether oxygens (including phenoxy) is 2. The molecule has 11 rings (SSSR count). The fourth-order valence-electron chi connectivity index (χ4n) is 11.5. The number of benzene rings is 4. The summed E-state index contributed by atoms with van der Waals surface area (Å²) in [5, 5.41) is 12.7. The summed E-state index contributed by atoms with van der Waals surface area (Å²) in [7, 11) is 4.36. The second kappa shape index (κ2) is 18.7. The van der Waals surface area contributed by atoms with Crippen molar-refractivity contribution in [3.8, 4) is 22.5 Å². The smallest absolute Gasteiger partial charge is 0.325 e. The third kappa shape index (κ3) is 8.38. The Bertz CT molecular complexity index is 2760. The van der Waals surface area contributed by atoms with Crippen LogP contribution in [0, 0.1) is 6.92 Å². The minimum absolute atomic E-state index is 0.0525. The zero-order valence-electron chi connectivity index (χ0n) is 40.3. The van der Waals surface area contributed by atoms with Crippen molar-refractivity contribution in [1.29, 1.82) is 0 Å². The summed E-state index contributed by atoms with van der Waals surface area (Å²) in [6, 6.07) is 32.8. The van der Waals surface area contributed by atoms with E-state index in [1.807, 2.05) is 49.1 Å². The second-order valence-electron chi connectivity index (χ2n) is 20.2. The zero-order valence-corrected chi connectivity index (χ0v) is 40.3. The van der Waals surface area contributed by atoms with E-state index in [2.05, 4.69) is 113 Å². The number of nitrogens with zero attached hydrogens (tertiary/aromatic N) is 8. The van der Waals surface area contributed by atoms with Crippen molar-refractivity contribution in [1.82, 2.24) is 33.8 Å². The lowest BCUT2D eigenvalue weighted by molar-refractivity contribution is -0.0276. The Hall–Kier alpha value is -5.63. The molecule has 5 aliphatic rings. The molecule has 0 bridgehead atoms. The van der Waals surface area contributed by atoms with Gasteiger partial charge in [0.25, 0.3) is 0 Å². The van der Waals surface area contributed by atoms with Crippen LogP contribution in [0.2, 0.25) is 0 Å². The first-order chi connectivity index (χ1) is 33.1. The summed E-state index contributed by atoms with van der Waals surface area (Å²) in [5.74, 6) is 1.85. The number of aliphatic hydroxyl groups excluding tert-OH is 1. The third-order valence-corrected chi connectivity index (χ3v) is 15.5. The van der Waals surface area contributed by atoms with E-state index in [-0.39, 0.29) is 36.5 Å². The quantitative estimate of drug-likeness (QED) is 0.145. The number of carbonyl (C=O) groups is 1. The number of hydrogen-bond acceptors (Lipinski definition) is 8. The first-order valence-electron chi connectivity index (χ1n) is 25.0. The zero-order chi connectivity index (χ0) is 46.6. The molecular weight excluding hydrogens is 849 g/mol. The van der Waals surface area contributed by atoms with Gasteiger partial charge in [0, 0.05) is 80.6 Å². The number of urea groups is 1. The number of aromatic nitrogens is 4. The number of amides is 2. The lowest BCUT2D eigenvalue weighted by Crippen LogP contribution is -2.39. The molecular formula is C56H66N8O4. The molecule has 4 unspecified atom stereocenters. The van der Waals surface area contributed by atoms with Crippen LogP contribution in [-0.2, 0) is 35.4 Å². The topological polar surface area (TPSA) is 104 Å². The van der Waals surface area contributed by atoms with E-state index < -0.39 is 12.1 Å². The highest BCUT2D eigenvalue weighted by Gasteiger charge is 2.44. The average Bonchev–Trinajstić information content (AvgIpc) is 3.98. The molecule has 1 N–H and O–H groups in total. The van der Waals surface area contributed by atoms with Gasteiger partial charge >= 0.3 is 6.03 Å². The van der Waals surface area contributed by atoms with Crippen LogP contribution in [0.5, 0.6) is 0 Å². The number of anilines is 1. The first kappa shape index (κ1) is 44.9. The minimum atomic E-state index is -0.998. The van der Waals surface area contributed by atoms with E-state index in [0.29, 0.717) is 6.54 Å². The van der Waals surface area contributed by atoms with Gasteiger partial charge < -0.3 is 38.4 Å². The maximum absolute atomic E-state index is 14.5. The van der Waals surface area contributed by atoms with Gasteiger partial charge in [0.05, 0.1) is 29.6 Å². The van der Waals surface area contributed by atoms with Crippen molar-refractivity contribution >= 4 is 11.7 Å². The molecule has 0 spiro atoms. The number of aryl methyl sites for hydroxylation is 3. The molecule has 68 heavy (non-hydrogen) atoms. The van der Waals surface area contributed by atoms with Crippen LogP contribution in [0.15, 0.2) is 103 Å². The van der Waals surface area contributed by atoms with Crippen LogP contribution >= 0.6 is 0 Å². The normalized spacial score (nSPS) is 22.2. The van der Waals surface area contributed by atoms with Gasteiger partial charge in [0.2, 0.25) is 0 Å². The van der Waals surface area contributed by atoms with E-state index in [1.54, 1.807) is 4.90 Å². The Morgan fingerprint density at radius 2 is 1.25 bits per heavy atom. The van der Waals surface area contributed by atoms with E-state index in [1.165, 1.54) is 22.3 Å². The van der Waals surface area contributed by atoms with Crippen molar-refractivity contribution in [2.75, 3.05) is 51.7 Å². The van der Waals surface area contributed by atoms with E-state index in [0.717, 1.165) is 129 Å². The number of likely N-dealkylation sites (tertiary alicyclic amines) is 2. The summed E-state index contributed by atoms with van der Waals surface area (Å²) in [4.78, 5) is 33.7. The number of hydrogen-bond donors (Lipinski definition) is 1. The van der Waals surface area contributed by atoms with Crippen LogP contribution in [0.3, 0.4) is 0 Å². The van der Waals surface area contributed by atoms with E-state index >= 15 is 0 Å². The second-order valence-corrected chi connectivity index (χ2v) is 20.2. The maximum Gasteiger partial charge on any atom is 0.325 e. The Labute approximate surface area is 401 Å². The van der Waals surface area contributed by atoms with Crippen molar-refractivity contribution in [3.05, 3.63) is 148 Å². The summed E-state index contributed by atoms with van der Waals surface area (Å²) >= 11 is 0. The molecule has 354 valence electrons. The highest BCUT2D eigenvalue weighted by molar-refractivity contribution is 5.96. The Morgan fingerprint density at radius 3 is 1.88 bits per heavy atom. The summed E-state index contributed by atoms with van der Waals surface area (Å²) in [6.07, 6.45) is 6.67. The van der Waals surface area contributed by atoms with Gasteiger partial charge in [0.15, 0.2) is 0 Å². The highest BCUT2D eigenvalue weighted by Crippen LogP contribution is 2.42. The monoisotopic (exact) mass is 915 g/mol. The van der Waals surface area contributed by atoms with Gasteiger partial charge in [-0.1, -0.05) is 84.9 Å². The maximum atomic E-state index is 14.5. The van der Waals surface area contributed by atoms with Crippen LogP contribution < -0.4 is 4.90 Å². The number of carbonyl (C=O) groups excluding carboxylic acids is 1. The molecule has 3 saturated heterocycles. The van der Waals surface area contributed by atoms with E-state index in [9.17, 15) is 9.90 Å². The molecule has 6 aromatic rings. The molecule has 12 nitrogen and oxygen atoms in total. The summed E-state index contributed by atoms with van der Waals surface area (Å²) in [5.41, 5.74) is 11.1. The van der Waals surface area contributed by atoms with Gasteiger partial charge in [-0.05, 0) is 113 Å². The molecule has 4 atom stereocenters. The molecule has 7 heterocycles. The van der Waals surface area contributed by atoms with Gasteiger partial charge in [-0.15, -0.1) is 0 Å². The summed E-state index contributed by atoms with van der Waals surface area (Å²) in [6.45, 7) is 12.3. The number of piperidine rings is 2. The number of fused-ring (bicyclic) bond motifs is 4. The molecule has 3 fully saturated rings. The molecule has 0 aliphatic carbocycles. The van der Waals surface area contributed by atoms with Crippen molar-refractivity contribution in [2.45, 2.75) is 115 Å². The molecule has 2 amide bonds. The Balaban J connectivity index is 0.896. The summed E-state index contributed by atoms with van der Waals surface area (Å²) < 4.78 is 18.7. The third-order valence-electron chi connectivity index (χ3n) is 15.5. The molecule has 12 heteroatoms. The Morgan fingerprint density at radius 1 is 0.676 bits per heavy atom. The predicted octanol–water partition coefficient (Wildman–Crippen LogP) is 8.99. The van der Waals surface area contributed by atoms with Crippen LogP contribution in [0.1, 0.15) is 103 Å². The molecule has 5 aliphatic heterocycles. The minimum Gasteiger partial charge on any atom is -0.386 e. The van der Waals surface area contributed by atoms with Gasteiger partial charge in [-0.25, -0.2) is 14.8 Å². The van der Waals surface area contributed by atoms with Crippen LogP contribution in [-0.4, -0.2) is 116 Å². The lowest BCUT2D eigenvalue weighted by Gasteiger charge is -2.32. The number of aliphatic hydroxyl groups is 1. The molecule has 2 aromatic heterocycles. The van der Waals surface area contributed by atoms with Crippen molar-refractivity contribution < 1.29 is 19.4 Å². The number of imidazole rings is 2. The SMILES string of the molecule is Cc1c(-c2ccc(N3C(=O)N(C(C)C)CC3C(O)c3ccccc3-c3cn4c(n3)C(OC3CCN(C)CC3)c3ccccc3CC4)cc2)nc2n1CCc1ccccc1C2OC1CCN(C)CC1. The largest absolute Gasteiger partial charge is 0.386 e. The number of rotatable bonds is 10. The predicted molar refractivity (Wildman–Crippen MR) is 266 cm³/mol. The van der Waals surface area contributed by atoms with Crippen molar-refractivity contribution in [3.63, 3.8) is 0 Å². The van der Waals surface area contributed by atoms with E-state index in [4.69, 9.17) is 19.4 Å². The van der Waals surface area contributed by atoms with Gasteiger partial charge in [-0.3, -0.25) is 4.90 Å². The standard InChI is InChI=1S/C56H66N8O4/c1-36(2)63-35-49(51(65)47-17-11-10-16-46(47)48-34-61-32-22-38-12-6-8-14-44(38)52(54(61)57-48)67-42-24-28-59(4)29-25-42)64(56(63)66)41-20-18-40(19-21-41)50-37(3)62-33-23-39-13-7-9-15-45(39)53(55(62)58-50)68-43-26-30-60(5)31-27-43/h6-21,34,36,42-43,49,51-53,65H,22-33,35H2,1-5H3. The lowest BCUT2D eigenvalue weighted by atomic mass is 9.94. The van der Waals surface area contributed by atoms with Gasteiger partial charge in [0.1, 0.15) is 30.0 Å². The molecule has 4 aromatic carbocycles. The molecule has 0 saturated carbocycles. The fraction of sp³-hybridized carbons (Fsp3) is 0.446.